The molecule has 0 aliphatic carbocycles. The fraction of sp³-hybridized carbons (Fsp3) is 1.00. The Morgan fingerprint density at radius 2 is 0.867 bits per heavy atom. The first-order valence-corrected chi connectivity index (χ1v) is 7.01. The third kappa shape index (κ3) is 8.19. The Kier molecular flexibility index (Phi) is 4.80. The summed E-state index contributed by atoms with van der Waals surface area (Å²) >= 11 is 0. The summed E-state index contributed by atoms with van der Waals surface area (Å²) in [5, 5.41) is 7.69. The molecule has 0 aliphatic rings. The van der Waals surface area contributed by atoms with Gasteiger partial charge in [0.1, 0.15) is 0 Å². The van der Waals surface area contributed by atoms with Crippen LogP contribution in [0.1, 0.15) is 62.3 Å². The molecule has 0 aromatic rings. The Morgan fingerprint density at radius 1 is 0.600 bits per heavy atom. The third-order valence-corrected chi connectivity index (χ3v) is 4.70. The van der Waals surface area contributed by atoms with Crippen LogP contribution in [0.4, 0.5) is 0 Å². The lowest BCUT2D eigenvalue weighted by atomic mass is 10.1. The molecule has 0 rings (SSSR count). The number of nitrogens with one attached hydrogen (secondary N) is 2. The second-order valence-electron chi connectivity index (χ2n) is 7.23. The molecular formula is C12H29N2P. The molecule has 2 nitrogen and oxygen atoms in total. The average molecular weight is 232 g/mol. The van der Waals surface area contributed by atoms with Crippen LogP contribution >= 0.6 is 8.22 Å². The van der Waals surface area contributed by atoms with E-state index in [4.69, 9.17) is 0 Å². The smallest absolute Gasteiger partial charge is 0.0404 e. The van der Waals surface area contributed by atoms with Crippen molar-refractivity contribution >= 4 is 8.22 Å². The van der Waals surface area contributed by atoms with E-state index in [-0.39, 0.29) is 24.5 Å². The van der Waals surface area contributed by atoms with Crippen molar-refractivity contribution in [2.45, 2.75) is 78.5 Å². The van der Waals surface area contributed by atoms with Crippen LogP contribution in [0.25, 0.3) is 0 Å². The van der Waals surface area contributed by atoms with Crippen molar-refractivity contribution in [3.63, 3.8) is 0 Å². The van der Waals surface area contributed by atoms with E-state index in [0.717, 1.165) is 0 Å². The van der Waals surface area contributed by atoms with E-state index in [9.17, 15) is 0 Å². The quantitative estimate of drug-likeness (QED) is 0.706. The van der Waals surface area contributed by atoms with E-state index in [0.29, 0.717) is 0 Å². The Bertz CT molecular complexity index is 177. The molecule has 0 saturated heterocycles. The maximum atomic E-state index is 3.71. The summed E-state index contributed by atoms with van der Waals surface area (Å²) in [4.78, 5) is 0. The summed E-state index contributed by atoms with van der Waals surface area (Å²) in [6, 6.07) is 0. The molecule has 0 aliphatic heterocycles. The van der Waals surface area contributed by atoms with E-state index in [1.807, 2.05) is 0 Å². The van der Waals surface area contributed by atoms with Gasteiger partial charge in [0.05, 0.1) is 0 Å². The van der Waals surface area contributed by atoms with Crippen LogP contribution in [0.15, 0.2) is 0 Å². The molecule has 0 aromatic carbocycles. The van der Waals surface area contributed by atoms with E-state index >= 15 is 0 Å². The molecule has 0 amide bonds. The predicted octanol–water partition coefficient (Wildman–Crippen LogP) is 3.87. The molecule has 0 atom stereocenters. The van der Waals surface area contributed by atoms with Crippen LogP contribution in [0.2, 0.25) is 0 Å². The van der Waals surface area contributed by atoms with Gasteiger partial charge in [0.2, 0.25) is 0 Å². The summed E-state index contributed by atoms with van der Waals surface area (Å²) < 4.78 is 0. The average Bonchev–Trinajstić information content (AvgIpc) is 1.75. The Hall–Kier alpha value is 0.350. The summed E-state index contributed by atoms with van der Waals surface area (Å²) in [7, 11) is -0.378. The van der Waals surface area contributed by atoms with E-state index < -0.39 is 0 Å². The molecule has 0 saturated carbocycles. The van der Waals surface area contributed by atoms with Crippen LogP contribution in [0.5, 0.6) is 0 Å². The van der Waals surface area contributed by atoms with Gasteiger partial charge in [-0.05, 0) is 41.5 Å². The van der Waals surface area contributed by atoms with Crippen molar-refractivity contribution in [2.75, 3.05) is 0 Å². The molecule has 92 valence electrons. The standard InChI is InChI=1S/C12H29N2P/c1-10(2,3)13-15(12(7,8)9)14-11(4,5)6/h13-14H,1-9H3. The summed E-state index contributed by atoms with van der Waals surface area (Å²) in [5.41, 5.74) is 0.328. The Balaban J connectivity index is 4.62. The monoisotopic (exact) mass is 232 g/mol. The zero-order valence-electron chi connectivity index (χ0n) is 11.9. The summed E-state index contributed by atoms with van der Waals surface area (Å²) in [6.45, 7) is 20.2. The van der Waals surface area contributed by atoms with Crippen LogP contribution in [0.3, 0.4) is 0 Å². The van der Waals surface area contributed by atoms with Gasteiger partial charge in [-0.1, -0.05) is 20.8 Å². The molecule has 15 heavy (non-hydrogen) atoms. The second kappa shape index (κ2) is 4.69. The van der Waals surface area contributed by atoms with Gasteiger partial charge in [-0.3, -0.25) is 10.2 Å². The van der Waals surface area contributed by atoms with Crippen LogP contribution in [0, 0.1) is 0 Å². The highest BCUT2D eigenvalue weighted by atomic mass is 31.1. The summed E-state index contributed by atoms with van der Waals surface area (Å²) in [6.07, 6.45) is 0. The fourth-order valence-corrected chi connectivity index (χ4v) is 3.10. The van der Waals surface area contributed by atoms with Crippen molar-refractivity contribution in [1.82, 2.24) is 10.2 Å². The first-order valence-electron chi connectivity index (χ1n) is 5.67. The normalized spacial score (nSPS) is 14.8. The maximum Gasteiger partial charge on any atom is 0.0404 e. The van der Waals surface area contributed by atoms with Gasteiger partial charge >= 0.3 is 0 Å². The highest BCUT2D eigenvalue weighted by molar-refractivity contribution is 7.55. The van der Waals surface area contributed by atoms with Gasteiger partial charge in [0, 0.05) is 24.5 Å². The topological polar surface area (TPSA) is 24.1 Å². The fourth-order valence-electron chi connectivity index (χ4n) is 1.03. The first kappa shape index (κ1) is 15.3. The largest absolute Gasteiger partial charge is 0.278 e. The lowest BCUT2D eigenvalue weighted by molar-refractivity contribution is 0.482. The molecule has 0 radical (unpaired) electrons. The molecule has 2 N–H and O–H groups in total. The second-order valence-corrected chi connectivity index (χ2v) is 9.69. The molecule has 0 unspecified atom stereocenters. The molecule has 0 bridgehead atoms. The highest BCUT2D eigenvalue weighted by Crippen LogP contribution is 2.45. The van der Waals surface area contributed by atoms with Gasteiger partial charge in [0.15, 0.2) is 0 Å². The lowest BCUT2D eigenvalue weighted by Gasteiger charge is -2.41. The Morgan fingerprint density at radius 3 is 1.00 bits per heavy atom. The van der Waals surface area contributed by atoms with Gasteiger partial charge < -0.3 is 0 Å². The van der Waals surface area contributed by atoms with Crippen molar-refractivity contribution in [3.8, 4) is 0 Å². The van der Waals surface area contributed by atoms with Crippen molar-refractivity contribution in [3.05, 3.63) is 0 Å². The number of rotatable bonds is 2. The lowest BCUT2D eigenvalue weighted by Crippen LogP contribution is -2.45. The minimum Gasteiger partial charge on any atom is -0.278 e. The SMILES string of the molecule is CC(C)(C)NP(NC(C)(C)C)C(C)(C)C. The van der Waals surface area contributed by atoms with Gasteiger partial charge in [-0.2, -0.15) is 0 Å². The minimum absolute atomic E-state index is 0.164. The third-order valence-electron chi connectivity index (χ3n) is 1.57. The van der Waals surface area contributed by atoms with Crippen LogP contribution in [-0.4, -0.2) is 16.2 Å². The van der Waals surface area contributed by atoms with E-state index in [1.165, 1.54) is 0 Å². The highest BCUT2D eigenvalue weighted by Gasteiger charge is 2.31. The minimum atomic E-state index is -0.378. The van der Waals surface area contributed by atoms with Crippen molar-refractivity contribution in [2.24, 2.45) is 0 Å². The molecule has 0 heterocycles. The van der Waals surface area contributed by atoms with Crippen LogP contribution in [-0.2, 0) is 0 Å². The molecule has 0 fully saturated rings. The van der Waals surface area contributed by atoms with Gasteiger partial charge in [0.25, 0.3) is 0 Å². The summed E-state index contributed by atoms with van der Waals surface area (Å²) in [5.74, 6) is 0. The number of hydrogen-bond donors (Lipinski definition) is 2. The number of hydrogen-bond acceptors (Lipinski definition) is 2. The molecule has 0 spiro atoms. The van der Waals surface area contributed by atoms with Crippen LogP contribution < -0.4 is 10.2 Å². The Labute approximate surface area is 97.5 Å². The predicted molar refractivity (Wildman–Crippen MR) is 72.5 cm³/mol. The van der Waals surface area contributed by atoms with E-state index in [2.05, 4.69) is 72.5 Å². The van der Waals surface area contributed by atoms with Gasteiger partial charge in [-0.15, -0.1) is 0 Å². The maximum absolute atomic E-state index is 3.71. The molecule has 3 heteroatoms. The van der Waals surface area contributed by atoms with Crippen molar-refractivity contribution in [1.29, 1.82) is 0 Å². The molecule has 0 aromatic heterocycles. The zero-order valence-corrected chi connectivity index (χ0v) is 12.8. The van der Waals surface area contributed by atoms with Gasteiger partial charge in [-0.25, -0.2) is 0 Å². The molecular weight excluding hydrogens is 203 g/mol. The first-order chi connectivity index (χ1) is 6.31. The van der Waals surface area contributed by atoms with E-state index in [1.54, 1.807) is 0 Å². The van der Waals surface area contributed by atoms with Crippen molar-refractivity contribution < 1.29 is 0 Å². The zero-order chi connectivity index (χ0) is 12.5.